The molecule has 6 aliphatic carbocycles. The molecular weight excluding hydrogens is 304 g/mol. The van der Waals surface area contributed by atoms with E-state index in [-0.39, 0.29) is 34.2 Å². The van der Waals surface area contributed by atoms with Crippen molar-refractivity contribution in [1.29, 1.82) is 0 Å². The second kappa shape index (κ2) is 4.64. The molecule has 2 unspecified atom stereocenters. The normalized spacial score (nSPS) is 44.3. The first-order chi connectivity index (χ1) is 11.1. The molecule has 6 rings (SSSR count). The molecule has 0 N–H and O–H groups in total. The lowest BCUT2D eigenvalue weighted by Gasteiger charge is -2.58. The molecule has 4 heteroatoms. The third kappa shape index (κ3) is 1.80. The molecule has 0 aromatic rings. The summed E-state index contributed by atoms with van der Waals surface area (Å²) >= 11 is 0. The lowest BCUT2D eigenvalue weighted by molar-refractivity contribution is -0.169. The van der Waals surface area contributed by atoms with Crippen molar-refractivity contribution in [2.24, 2.45) is 46.3 Å². The van der Waals surface area contributed by atoms with Crippen LogP contribution in [-0.4, -0.2) is 23.1 Å². The van der Waals surface area contributed by atoms with Gasteiger partial charge in [-0.3, -0.25) is 19.2 Å². The minimum atomic E-state index is -0.784. The van der Waals surface area contributed by atoms with Gasteiger partial charge in [-0.15, -0.1) is 0 Å². The second-order valence-electron chi connectivity index (χ2n) is 9.72. The molecule has 4 nitrogen and oxygen atoms in total. The largest absolute Gasteiger partial charge is 0.299 e. The maximum absolute atomic E-state index is 12.7. The number of carbonyl (C=O) groups is 4. The fraction of sp³-hybridized carbons (Fsp3) is 0.800. The Morgan fingerprint density at radius 1 is 0.708 bits per heavy atom. The zero-order chi connectivity index (χ0) is 17.6. The Labute approximate surface area is 142 Å². The number of rotatable bonds is 3. The summed E-state index contributed by atoms with van der Waals surface area (Å²) in [4.78, 5) is 50.6. The molecule has 0 heterocycles. The van der Waals surface area contributed by atoms with E-state index in [1.54, 1.807) is 0 Å². The fourth-order valence-electron chi connectivity index (χ4n) is 5.90. The van der Waals surface area contributed by atoms with Crippen LogP contribution < -0.4 is 0 Å². The molecule has 6 saturated carbocycles. The average Bonchev–Trinajstić information content (AvgIpc) is 2.52. The van der Waals surface area contributed by atoms with Crippen LogP contribution in [0.2, 0.25) is 0 Å². The highest BCUT2D eigenvalue weighted by molar-refractivity contribution is 6.45. The van der Waals surface area contributed by atoms with Gasteiger partial charge in [0.2, 0.25) is 11.6 Å². The highest BCUT2D eigenvalue weighted by Gasteiger charge is 2.62. The number of Topliss-reactive ketones (excluding diaryl/α,β-unsaturated/α-hetero) is 4. The van der Waals surface area contributed by atoms with Gasteiger partial charge in [0.15, 0.2) is 0 Å². The smallest absolute Gasteiger partial charge is 0.209 e. The Kier molecular flexibility index (Phi) is 3.13. The number of ketones is 4. The molecule has 6 aliphatic rings. The van der Waals surface area contributed by atoms with Crippen LogP contribution >= 0.6 is 0 Å². The van der Waals surface area contributed by atoms with E-state index >= 15 is 0 Å². The van der Waals surface area contributed by atoms with Gasteiger partial charge in [0.1, 0.15) is 11.6 Å². The van der Waals surface area contributed by atoms with Crippen LogP contribution in [0.25, 0.3) is 0 Å². The van der Waals surface area contributed by atoms with E-state index in [4.69, 9.17) is 0 Å². The Morgan fingerprint density at radius 2 is 1.04 bits per heavy atom. The van der Waals surface area contributed by atoms with Gasteiger partial charge in [-0.2, -0.15) is 0 Å². The summed E-state index contributed by atoms with van der Waals surface area (Å²) in [6.45, 7) is 8.30. The van der Waals surface area contributed by atoms with Gasteiger partial charge in [0.05, 0.1) is 11.8 Å². The monoisotopic (exact) mass is 330 g/mol. The van der Waals surface area contributed by atoms with Crippen LogP contribution in [0.15, 0.2) is 0 Å². The van der Waals surface area contributed by atoms with E-state index in [9.17, 15) is 19.2 Å². The molecule has 4 bridgehead atoms. The Balaban J connectivity index is 1.49. The lowest BCUT2D eigenvalue weighted by Crippen LogP contribution is -2.61. The lowest BCUT2D eigenvalue weighted by atomic mass is 9.44. The molecule has 130 valence electrons. The average molecular weight is 330 g/mol. The Hall–Kier alpha value is -1.32. The summed E-state index contributed by atoms with van der Waals surface area (Å²) in [5.74, 6) is -2.34. The SMILES string of the molecule is CC1(C)[C@H]2CC(C(=O)C(=O)C3C[C@H]4C[C@@H](C3=O)C4(C)C)C(=O)[C@@H]1C2. The van der Waals surface area contributed by atoms with E-state index in [1.165, 1.54) is 0 Å². The summed E-state index contributed by atoms with van der Waals surface area (Å²) in [5.41, 5.74) is -0.0769. The molecule has 0 spiro atoms. The summed E-state index contributed by atoms with van der Waals surface area (Å²) < 4.78 is 0. The first kappa shape index (κ1) is 16.2. The molecule has 0 saturated heterocycles. The Bertz CT molecular complexity index is 613. The van der Waals surface area contributed by atoms with Crippen molar-refractivity contribution in [3.8, 4) is 0 Å². The van der Waals surface area contributed by atoms with Crippen LogP contribution in [-0.2, 0) is 19.2 Å². The van der Waals surface area contributed by atoms with E-state index in [0.29, 0.717) is 24.7 Å². The molecule has 0 radical (unpaired) electrons. The van der Waals surface area contributed by atoms with E-state index < -0.39 is 23.4 Å². The van der Waals surface area contributed by atoms with Crippen LogP contribution in [0.5, 0.6) is 0 Å². The summed E-state index contributed by atoms with van der Waals surface area (Å²) in [5, 5.41) is 0. The van der Waals surface area contributed by atoms with Crippen LogP contribution in [0, 0.1) is 46.3 Å². The topological polar surface area (TPSA) is 68.3 Å². The van der Waals surface area contributed by atoms with Crippen molar-refractivity contribution in [2.45, 2.75) is 53.4 Å². The number of fused-ring (bicyclic) bond motifs is 4. The third-order valence-corrected chi connectivity index (χ3v) is 8.23. The zero-order valence-corrected chi connectivity index (χ0v) is 14.9. The minimum absolute atomic E-state index is 0.0385. The van der Waals surface area contributed by atoms with Gasteiger partial charge >= 0.3 is 0 Å². The zero-order valence-electron chi connectivity index (χ0n) is 14.9. The Morgan fingerprint density at radius 3 is 1.29 bits per heavy atom. The summed E-state index contributed by atoms with van der Waals surface area (Å²) in [6.07, 6.45) is 2.69. The predicted octanol–water partition coefficient (Wildman–Crippen LogP) is 2.63. The maximum atomic E-state index is 12.7. The first-order valence-corrected chi connectivity index (χ1v) is 9.22. The fourth-order valence-corrected chi connectivity index (χ4v) is 5.90. The van der Waals surface area contributed by atoms with Crippen molar-refractivity contribution in [3.63, 3.8) is 0 Å². The molecule has 6 atom stereocenters. The van der Waals surface area contributed by atoms with Crippen LogP contribution in [0.3, 0.4) is 0 Å². The molecule has 0 aromatic carbocycles. The van der Waals surface area contributed by atoms with E-state index in [0.717, 1.165) is 12.8 Å². The molecule has 24 heavy (non-hydrogen) atoms. The standard InChI is InChI=1S/C20H26O4/c1-19(2)9-5-11(15(21)13(19)7-9)17(23)18(24)12-6-10-8-14(16(12)22)20(10,3)4/h9-14H,5-8H2,1-4H3/t9-,10-,11?,12?,13-,14-/m0/s1. The van der Waals surface area contributed by atoms with Crippen molar-refractivity contribution in [3.05, 3.63) is 0 Å². The molecule has 0 aromatic heterocycles. The quantitative estimate of drug-likeness (QED) is 0.589. The third-order valence-electron chi connectivity index (χ3n) is 8.23. The first-order valence-electron chi connectivity index (χ1n) is 9.22. The van der Waals surface area contributed by atoms with Gasteiger partial charge in [-0.25, -0.2) is 0 Å². The van der Waals surface area contributed by atoms with Gasteiger partial charge < -0.3 is 0 Å². The van der Waals surface area contributed by atoms with Crippen molar-refractivity contribution >= 4 is 23.1 Å². The molecular formula is C20H26O4. The summed E-state index contributed by atoms with van der Waals surface area (Å²) in [7, 11) is 0. The van der Waals surface area contributed by atoms with Crippen molar-refractivity contribution < 1.29 is 19.2 Å². The molecule has 0 aliphatic heterocycles. The van der Waals surface area contributed by atoms with Gasteiger partial charge in [-0.1, -0.05) is 27.7 Å². The minimum Gasteiger partial charge on any atom is -0.299 e. The summed E-state index contributed by atoms with van der Waals surface area (Å²) in [6, 6.07) is 0. The second-order valence-corrected chi connectivity index (χ2v) is 9.72. The van der Waals surface area contributed by atoms with E-state index in [1.807, 2.05) is 0 Å². The van der Waals surface area contributed by atoms with Crippen LogP contribution in [0.1, 0.15) is 53.4 Å². The van der Waals surface area contributed by atoms with Crippen LogP contribution in [0.4, 0.5) is 0 Å². The highest BCUT2D eigenvalue weighted by atomic mass is 16.2. The number of carbonyl (C=O) groups excluding carboxylic acids is 4. The predicted molar refractivity (Wildman–Crippen MR) is 87.0 cm³/mol. The van der Waals surface area contributed by atoms with Gasteiger partial charge in [-0.05, 0) is 48.3 Å². The van der Waals surface area contributed by atoms with E-state index in [2.05, 4.69) is 27.7 Å². The molecule has 6 fully saturated rings. The van der Waals surface area contributed by atoms with Gasteiger partial charge in [0, 0.05) is 11.8 Å². The van der Waals surface area contributed by atoms with Gasteiger partial charge in [0.25, 0.3) is 0 Å². The van der Waals surface area contributed by atoms with Crippen molar-refractivity contribution in [2.75, 3.05) is 0 Å². The highest BCUT2D eigenvalue weighted by Crippen LogP contribution is 2.60. The molecule has 0 amide bonds. The number of hydrogen-bond acceptors (Lipinski definition) is 4. The number of hydrogen-bond donors (Lipinski definition) is 0. The van der Waals surface area contributed by atoms with Crippen molar-refractivity contribution in [1.82, 2.24) is 0 Å². The maximum Gasteiger partial charge on any atom is 0.209 e.